The van der Waals surface area contributed by atoms with E-state index in [1.807, 2.05) is 29.8 Å². The minimum Gasteiger partial charge on any atom is -0.349 e. The molecule has 0 bridgehead atoms. The van der Waals surface area contributed by atoms with Crippen LogP contribution in [0.1, 0.15) is 22.2 Å². The van der Waals surface area contributed by atoms with Crippen molar-refractivity contribution in [2.24, 2.45) is 0 Å². The van der Waals surface area contributed by atoms with Gasteiger partial charge in [-0.3, -0.25) is 9.78 Å². The summed E-state index contributed by atoms with van der Waals surface area (Å²) >= 11 is 1.60. The normalized spacial score (nSPS) is 12.4. The van der Waals surface area contributed by atoms with E-state index in [4.69, 9.17) is 0 Å². The van der Waals surface area contributed by atoms with Crippen LogP contribution < -0.4 is 5.32 Å². The van der Waals surface area contributed by atoms with Crippen LogP contribution in [0.15, 0.2) is 42.4 Å². The van der Waals surface area contributed by atoms with Crippen molar-refractivity contribution >= 4 is 22.9 Å². The SMILES string of the molecule is C[C@@H](Cc1cncs1)NC(=O)c1ccc2nccn2c1. The maximum absolute atomic E-state index is 12.2. The quantitative estimate of drug-likeness (QED) is 0.799. The van der Waals surface area contributed by atoms with Gasteiger partial charge in [0.05, 0.1) is 11.1 Å². The van der Waals surface area contributed by atoms with Crippen molar-refractivity contribution in [3.05, 3.63) is 52.9 Å². The minimum absolute atomic E-state index is 0.0708. The molecular formula is C14H14N4OS. The van der Waals surface area contributed by atoms with Crippen LogP contribution in [0.25, 0.3) is 5.65 Å². The first-order valence-corrected chi connectivity index (χ1v) is 7.21. The van der Waals surface area contributed by atoms with Crippen molar-refractivity contribution in [2.75, 3.05) is 0 Å². The number of aromatic nitrogens is 3. The average Bonchev–Trinajstić information content (AvgIpc) is 3.07. The molecule has 3 aromatic heterocycles. The summed E-state index contributed by atoms with van der Waals surface area (Å²) in [6.45, 7) is 1.99. The highest BCUT2D eigenvalue weighted by Gasteiger charge is 2.11. The number of carbonyl (C=O) groups excluding carboxylic acids is 1. The summed E-state index contributed by atoms with van der Waals surface area (Å²) in [6.07, 6.45) is 7.96. The number of carbonyl (C=O) groups is 1. The lowest BCUT2D eigenvalue weighted by Gasteiger charge is -2.12. The molecule has 0 saturated carbocycles. The third-order valence-electron chi connectivity index (χ3n) is 3.02. The van der Waals surface area contributed by atoms with Crippen LogP contribution in [-0.4, -0.2) is 26.3 Å². The van der Waals surface area contributed by atoms with E-state index in [0.717, 1.165) is 12.1 Å². The summed E-state index contributed by atoms with van der Waals surface area (Å²) < 4.78 is 1.84. The Bertz CT molecular complexity index is 720. The maximum Gasteiger partial charge on any atom is 0.252 e. The molecule has 6 heteroatoms. The average molecular weight is 286 g/mol. The van der Waals surface area contributed by atoms with Gasteiger partial charge >= 0.3 is 0 Å². The van der Waals surface area contributed by atoms with Gasteiger partial charge in [-0.1, -0.05) is 0 Å². The van der Waals surface area contributed by atoms with E-state index >= 15 is 0 Å². The Morgan fingerprint density at radius 2 is 2.40 bits per heavy atom. The fourth-order valence-electron chi connectivity index (χ4n) is 2.06. The number of pyridine rings is 1. The highest BCUT2D eigenvalue weighted by atomic mass is 32.1. The number of nitrogens with one attached hydrogen (secondary N) is 1. The van der Waals surface area contributed by atoms with Gasteiger partial charge in [0.1, 0.15) is 5.65 Å². The third kappa shape index (κ3) is 2.70. The zero-order valence-electron chi connectivity index (χ0n) is 11.0. The predicted octanol–water partition coefficient (Wildman–Crippen LogP) is 2.15. The van der Waals surface area contributed by atoms with E-state index in [0.29, 0.717) is 5.56 Å². The van der Waals surface area contributed by atoms with Crippen molar-refractivity contribution < 1.29 is 4.79 Å². The molecule has 0 saturated heterocycles. The van der Waals surface area contributed by atoms with Gasteiger partial charge < -0.3 is 9.72 Å². The molecule has 0 fully saturated rings. The lowest BCUT2D eigenvalue weighted by Crippen LogP contribution is -2.34. The summed E-state index contributed by atoms with van der Waals surface area (Å²) in [5, 5.41) is 3.00. The minimum atomic E-state index is -0.0717. The van der Waals surface area contributed by atoms with Gasteiger partial charge in [0.25, 0.3) is 5.91 Å². The third-order valence-corrected chi connectivity index (χ3v) is 3.82. The standard InChI is InChI=1S/C14H14N4OS/c1-10(6-12-7-15-9-20-12)17-14(19)11-2-3-13-16-4-5-18(13)8-11/h2-5,7-10H,6H2,1H3,(H,17,19)/t10-/m0/s1. The van der Waals surface area contributed by atoms with Crippen molar-refractivity contribution in [3.8, 4) is 0 Å². The summed E-state index contributed by atoms with van der Waals surface area (Å²) in [6, 6.07) is 3.70. The molecule has 0 aliphatic rings. The highest BCUT2D eigenvalue weighted by Crippen LogP contribution is 2.09. The van der Waals surface area contributed by atoms with Crippen LogP contribution in [0.2, 0.25) is 0 Å². The number of rotatable bonds is 4. The lowest BCUT2D eigenvalue weighted by atomic mass is 10.2. The first-order valence-electron chi connectivity index (χ1n) is 6.33. The second-order valence-electron chi connectivity index (χ2n) is 4.66. The molecule has 5 nitrogen and oxygen atoms in total. The van der Waals surface area contributed by atoms with Crippen LogP contribution in [-0.2, 0) is 6.42 Å². The molecule has 1 amide bonds. The largest absolute Gasteiger partial charge is 0.349 e. The Labute approximate surface area is 120 Å². The molecule has 102 valence electrons. The first kappa shape index (κ1) is 12.8. The molecule has 1 atom stereocenters. The van der Waals surface area contributed by atoms with E-state index in [-0.39, 0.29) is 11.9 Å². The summed E-state index contributed by atoms with van der Waals surface area (Å²) in [5.41, 5.74) is 3.27. The van der Waals surface area contributed by atoms with Crippen LogP contribution in [0, 0.1) is 0 Å². The zero-order valence-corrected chi connectivity index (χ0v) is 11.8. The molecule has 3 heterocycles. The highest BCUT2D eigenvalue weighted by molar-refractivity contribution is 7.09. The molecule has 0 aromatic carbocycles. The molecule has 0 unspecified atom stereocenters. The molecule has 3 aromatic rings. The molecule has 3 rings (SSSR count). The van der Waals surface area contributed by atoms with Crippen LogP contribution >= 0.6 is 11.3 Å². The van der Waals surface area contributed by atoms with E-state index in [1.165, 1.54) is 4.88 Å². The fourth-order valence-corrected chi connectivity index (χ4v) is 2.78. The van der Waals surface area contributed by atoms with Crippen molar-refractivity contribution in [1.82, 2.24) is 19.7 Å². The van der Waals surface area contributed by atoms with E-state index in [9.17, 15) is 4.79 Å². The van der Waals surface area contributed by atoms with Gasteiger partial charge in [0.2, 0.25) is 0 Å². The molecule has 0 spiro atoms. The number of hydrogen-bond acceptors (Lipinski definition) is 4. The molecule has 20 heavy (non-hydrogen) atoms. The zero-order chi connectivity index (χ0) is 13.9. The summed E-state index contributed by atoms with van der Waals surface area (Å²) in [5.74, 6) is -0.0717. The number of fused-ring (bicyclic) bond motifs is 1. The van der Waals surface area contributed by atoms with Crippen LogP contribution in [0.4, 0.5) is 0 Å². The Morgan fingerprint density at radius 1 is 1.50 bits per heavy atom. The van der Waals surface area contributed by atoms with Crippen molar-refractivity contribution in [3.63, 3.8) is 0 Å². The molecule has 0 radical (unpaired) electrons. The fraction of sp³-hybridized carbons (Fsp3) is 0.214. The second-order valence-corrected chi connectivity index (χ2v) is 5.63. The number of nitrogens with zero attached hydrogens (tertiary/aromatic N) is 3. The van der Waals surface area contributed by atoms with Crippen molar-refractivity contribution in [1.29, 1.82) is 0 Å². The molecule has 0 aliphatic heterocycles. The number of thiazole rings is 1. The van der Waals surface area contributed by atoms with Gasteiger partial charge in [0, 0.05) is 42.1 Å². The predicted molar refractivity (Wildman–Crippen MR) is 77.9 cm³/mol. The molecule has 0 aliphatic carbocycles. The van der Waals surface area contributed by atoms with E-state index in [2.05, 4.69) is 15.3 Å². The number of hydrogen-bond donors (Lipinski definition) is 1. The monoisotopic (exact) mass is 286 g/mol. The van der Waals surface area contributed by atoms with Gasteiger partial charge in [-0.25, -0.2) is 4.98 Å². The topological polar surface area (TPSA) is 59.3 Å². The smallest absolute Gasteiger partial charge is 0.252 e. The van der Waals surface area contributed by atoms with E-state index in [1.54, 1.807) is 35.3 Å². The Kier molecular flexibility index (Phi) is 3.47. The second kappa shape index (κ2) is 5.42. The Balaban J connectivity index is 1.68. The maximum atomic E-state index is 12.2. The molecular weight excluding hydrogens is 272 g/mol. The number of amides is 1. The van der Waals surface area contributed by atoms with Gasteiger partial charge in [-0.05, 0) is 19.1 Å². The Hall–Kier alpha value is -2.21. The van der Waals surface area contributed by atoms with Crippen LogP contribution in [0.3, 0.4) is 0 Å². The summed E-state index contributed by atoms with van der Waals surface area (Å²) in [7, 11) is 0. The number of imidazole rings is 1. The van der Waals surface area contributed by atoms with Gasteiger partial charge in [-0.2, -0.15) is 0 Å². The lowest BCUT2D eigenvalue weighted by molar-refractivity contribution is 0.0940. The molecule has 1 N–H and O–H groups in total. The first-order chi connectivity index (χ1) is 9.72. The van der Waals surface area contributed by atoms with Crippen LogP contribution in [0.5, 0.6) is 0 Å². The van der Waals surface area contributed by atoms with Gasteiger partial charge in [0.15, 0.2) is 0 Å². The van der Waals surface area contributed by atoms with Crippen molar-refractivity contribution in [2.45, 2.75) is 19.4 Å². The van der Waals surface area contributed by atoms with Gasteiger partial charge in [-0.15, -0.1) is 11.3 Å². The van der Waals surface area contributed by atoms with E-state index < -0.39 is 0 Å². The Morgan fingerprint density at radius 3 is 3.20 bits per heavy atom. The summed E-state index contributed by atoms with van der Waals surface area (Å²) in [4.78, 5) is 21.6.